The van der Waals surface area contributed by atoms with E-state index in [-0.39, 0.29) is 11.1 Å². The zero-order valence-corrected chi connectivity index (χ0v) is 13.5. The summed E-state index contributed by atoms with van der Waals surface area (Å²) in [5, 5.41) is 0. The van der Waals surface area contributed by atoms with Crippen molar-refractivity contribution in [2.45, 2.75) is 0 Å². The standard InChI is InChI=1S/C18H17FN2O4/c1-3-10-25-15-9-8-12(11-16(15)24-2)17(22)20-21-18(23)13-6-4-5-7-14(13)19/h3-9,11H,1,10H2,2H3,(H,20,22)(H,21,23). The Kier molecular flexibility index (Phi) is 6.11. The minimum Gasteiger partial charge on any atom is -0.493 e. The van der Waals surface area contributed by atoms with Gasteiger partial charge in [0.15, 0.2) is 11.5 Å². The molecule has 0 unspecified atom stereocenters. The van der Waals surface area contributed by atoms with Crippen molar-refractivity contribution in [1.29, 1.82) is 0 Å². The molecule has 0 saturated heterocycles. The summed E-state index contributed by atoms with van der Waals surface area (Å²) in [5.41, 5.74) is 4.44. The highest BCUT2D eigenvalue weighted by atomic mass is 19.1. The molecule has 0 atom stereocenters. The van der Waals surface area contributed by atoms with Gasteiger partial charge in [0.1, 0.15) is 12.4 Å². The molecule has 2 amide bonds. The number of halogens is 1. The largest absolute Gasteiger partial charge is 0.493 e. The van der Waals surface area contributed by atoms with Crippen LogP contribution >= 0.6 is 0 Å². The monoisotopic (exact) mass is 344 g/mol. The molecule has 0 radical (unpaired) electrons. The zero-order valence-electron chi connectivity index (χ0n) is 13.5. The molecule has 2 N–H and O–H groups in total. The van der Waals surface area contributed by atoms with Gasteiger partial charge in [0.2, 0.25) is 0 Å². The molecule has 2 aromatic carbocycles. The molecule has 6 nitrogen and oxygen atoms in total. The van der Waals surface area contributed by atoms with Gasteiger partial charge in [-0.1, -0.05) is 24.8 Å². The van der Waals surface area contributed by atoms with Crippen LogP contribution in [0.15, 0.2) is 55.1 Å². The first-order valence-corrected chi connectivity index (χ1v) is 7.33. The normalized spacial score (nSPS) is 9.84. The van der Waals surface area contributed by atoms with Gasteiger partial charge in [-0.25, -0.2) is 4.39 Å². The number of carbonyl (C=O) groups is 2. The minimum absolute atomic E-state index is 0.173. The molecular formula is C18H17FN2O4. The molecule has 0 heterocycles. The van der Waals surface area contributed by atoms with Crippen LogP contribution < -0.4 is 20.3 Å². The number of ether oxygens (including phenoxy) is 2. The van der Waals surface area contributed by atoms with Crippen LogP contribution in [0.2, 0.25) is 0 Å². The first kappa shape index (κ1) is 18.0. The number of hydrogen-bond acceptors (Lipinski definition) is 4. The number of nitrogens with one attached hydrogen (secondary N) is 2. The fourth-order valence-electron chi connectivity index (χ4n) is 1.98. The van der Waals surface area contributed by atoms with Crippen LogP contribution in [0.4, 0.5) is 4.39 Å². The van der Waals surface area contributed by atoms with E-state index in [2.05, 4.69) is 17.4 Å². The van der Waals surface area contributed by atoms with Gasteiger partial charge in [0, 0.05) is 5.56 Å². The molecule has 7 heteroatoms. The van der Waals surface area contributed by atoms with Gasteiger partial charge in [-0.3, -0.25) is 20.4 Å². The van der Waals surface area contributed by atoms with Gasteiger partial charge in [0.05, 0.1) is 12.7 Å². The molecule has 0 fully saturated rings. The Morgan fingerprint density at radius 2 is 1.84 bits per heavy atom. The SMILES string of the molecule is C=CCOc1ccc(C(=O)NNC(=O)c2ccccc2F)cc1OC. The first-order valence-electron chi connectivity index (χ1n) is 7.33. The smallest absolute Gasteiger partial charge is 0.272 e. The molecule has 0 bridgehead atoms. The van der Waals surface area contributed by atoms with Crippen molar-refractivity contribution in [1.82, 2.24) is 10.9 Å². The second-order valence-electron chi connectivity index (χ2n) is 4.85. The summed E-state index contributed by atoms with van der Waals surface area (Å²) < 4.78 is 24.1. The molecule has 0 saturated carbocycles. The zero-order chi connectivity index (χ0) is 18.2. The third kappa shape index (κ3) is 4.57. The molecule has 25 heavy (non-hydrogen) atoms. The Hall–Kier alpha value is -3.35. The van der Waals surface area contributed by atoms with E-state index < -0.39 is 17.6 Å². The van der Waals surface area contributed by atoms with Crippen molar-refractivity contribution in [2.75, 3.05) is 13.7 Å². The van der Waals surface area contributed by atoms with Crippen molar-refractivity contribution < 1.29 is 23.5 Å². The molecule has 0 aromatic heterocycles. The van der Waals surface area contributed by atoms with Gasteiger partial charge in [-0.05, 0) is 30.3 Å². The molecule has 0 aliphatic rings. The Labute approximate surface area is 144 Å². The fraction of sp³-hybridized carbons (Fsp3) is 0.111. The van der Waals surface area contributed by atoms with Gasteiger partial charge < -0.3 is 9.47 Å². The van der Waals surface area contributed by atoms with Crippen molar-refractivity contribution in [3.05, 3.63) is 72.1 Å². The minimum atomic E-state index is -0.760. The molecule has 0 spiro atoms. The number of amides is 2. The third-order valence-corrected chi connectivity index (χ3v) is 3.19. The van der Waals surface area contributed by atoms with E-state index >= 15 is 0 Å². The molecule has 2 aromatic rings. The van der Waals surface area contributed by atoms with E-state index in [1.54, 1.807) is 12.1 Å². The van der Waals surface area contributed by atoms with E-state index in [1.165, 1.54) is 37.4 Å². The maximum absolute atomic E-state index is 13.5. The molecule has 0 aliphatic heterocycles. The van der Waals surface area contributed by atoms with Crippen LogP contribution in [0, 0.1) is 5.82 Å². The lowest BCUT2D eigenvalue weighted by molar-refractivity contribution is 0.0844. The van der Waals surface area contributed by atoms with Crippen LogP contribution in [-0.2, 0) is 0 Å². The summed E-state index contributed by atoms with van der Waals surface area (Å²) in [7, 11) is 1.44. The number of hydrazine groups is 1. The van der Waals surface area contributed by atoms with E-state index in [1.807, 2.05) is 0 Å². The van der Waals surface area contributed by atoms with Crippen molar-refractivity contribution in [3.63, 3.8) is 0 Å². The highest BCUT2D eigenvalue weighted by Crippen LogP contribution is 2.28. The van der Waals surface area contributed by atoms with Gasteiger partial charge in [0.25, 0.3) is 11.8 Å². The number of methoxy groups -OCH3 is 1. The lowest BCUT2D eigenvalue weighted by Crippen LogP contribution is -2.41. The number of hydrogen-bond donors (Lipinski definition) is 2. The van der Waals surface area contributed by atoms with Crippen LogP contribution in [-0.4, -0.2) is 25.5 Å². The van der Waals surface area contributed by atoms with Gasteiger partial charge in [-0.15, -0.1) is 0 Å². The third-order valence-electron chi connectivity index (χ3n) is 3.19. The molecule has 0 aliphatic carbocycles. The fourth-order valence-corrected chi connectivity index (χ4v) is 1.98. The van der Waals surface area contributed by atoms with Gasteiger partial charge >= 0.3 is 0 Å². The van der Waals surface area contributed by atoms with E-state index in [0.29, 0.717) is 18.1 Å². The van der Waals surface area contributed by atoms with Crippen LogP contribution in [0.5, 0.6) is 11.5 Å². The quantitative estimate of drug-likeness (QED) is 0.623. The number of carbonyl (C=O) groups excluding carboxylic acids is 2. The molecular weight excluding hydrogens is 327 g/mol. The van der Waals surface area contributed by atoms with Crippen molar-refractivity contribution in [3.8, 4) is 11.5 Å². The summed E-state index contributed by atoms with van der Waals surface area (Å²) in [6.45, 7) is 3.84. The van der Waals surface area contributed by atoms with Crippen molar-refractivity contribution in [2.24, 2.45) is 0 Å². The second kappa shape index (κ2) is 8.49. The summed E-state index contributed by atoms with van der Waals surface area (Å²) in [6.07, 6.45) is 1.58. The number of benzene rings is 2. The van der Waals surface area contributed by atoms with Crippen LogP contribution in [0.3, 0.4) is 0 Å². The second-order valence-corrected chi connectivity index (χ2v) is 4.85. The summed E-state index contributed by atoms with van der Waals surface area (Å²) in [4.78, 5) is 24.0. The van der Waals surface area contributed by atoms with E-state index in [0.717, 1.165) is 6.07 Å². The topological polar surface area (TPSA) is 76.7 Å². The summed E-state index contributed by atoms with van der Waals surface area (Å²) in [6, 6.07) is 9.99. The Morgan fingerprint density at radius 1 is 1.12 bits per heavy atom. The Bertz CT molecular complexity index is 792. The lowest BCUT2D eigenvalue weighted by Gasteiger charge is -2.12. The molecule has 130 valence electrons. The average Bonchev–Trinajstić information content (AvgIpc) is 2.64. The highest BCUT2D eigenvalue weighted by Gasteiger charge is 2.14. The average molecular weight is 344 g/mol. The first-order chi connectivity index (χ1) is 12.1. The van der Waals surface area contributed by atoms with Crippen molar-refractivity contribution >= 4 is 11.8 Å². The van der Waals surface area contributed by atoms with E-state index in [9.17, 15) is 14.0 Å². The lowest BCUT2D eigenvalue weighted by atomic mass is 10.2. The maximum Gasteiger partial charge on any atom is 0.272 e. The Balaban J connectivity index is 2.04. The maximum atomic E-state index is 13.5. The highest BCUT2D eigenvalue weighted by molar-refractivity contribution is 5.99. The number of rotatable bonds is 6. The van der Waals surface area contributed by atoms with Crippen LogP contribution in [0.25, 0.3) is 0 Å². The predicted molar refractivity (Wildman–Crippen MR) is 90.0 cm³/mol. The van der Waals surface area contributed by atoms with E-state index in [4.69, 9.17) is 9.47 Å². The van der Waals surface area contributed by atoms with Crippen LogP contribution in [0.1, 0.15) is 20.7 Å². The molecule has 2 rings (SSSR count). The predicted octanol–water partition coefficient (Wildman–Crippen LogP) is 2.47. The summed E-state index contributed by atoms with van der Waals surface area (Å²) in [5.74, 6) is -1.22. The Morgan fingerprint density at radius 3 is 2.52 bits per heavy atom. The summed E-state index contributed by atoms with van der Waals surface area (Å²) >= 11 is 0. The van der Waals surface area contributed by atoms with Gasteiger partial charge in [-0.2, -0.15) is 0 Å².